The Balaban J connectivity index is 1.58. The number of rotatable bonds is 6. The molecule has 0 radical (unpaired) electrons. The standard InChI is InChI=1S/C19H18N2O3S/c22-19(16-8-10-17(11-9-16)21-13-4-5-14-21)20-12-15-25(23,24)18-6-2-1-3-7-18/h1-11,13-14H,12,15H2,(H,20,22). The molecule has 2 aromatic carbocycles. The summed E-state index contributed by atoms with van der Waals surface area (Å²) in [4.78, 5) is 12.4. The minimum Gasteiger partial charge on any atom is -0.351 e. The molecular formula is C19H18N2O3S. The predicted octanol–water partition coefficient (Wildman–Crippen LogP) is 2.68. The van der Waals surface area contributed by atoms with Crippen LogP contribution in [0.3, 0.4) is 0 Å². The van der Waals surface area contributed by atoms with Crippen molar-refractivity contribution in [2.45, 2.75) is 4.90 Å². The lowest BCUT2D eigenvalue weighted by atomic mass is 10.2. The zero-order valence-electron chi connectivity index (χ0n) is 13.5. The Bertz CT molecular complexity index is 932. The lowest BCUT2D eigenvalue weighted by Crippen LogP contribution is -2.29. The molecule has 0 aliphatic carbocycles. The van der Waals surface area contributed by atoms with E-state index in [1.54, 1.807) is 42.5 Å². The topological polar surface area (TPSA) is 68.2 Å². The zero-order valence-corrected chi connectivity index (χ0v) is 14.3. The van der Waals surface area contributed by atoms with Crippen LogP contribution in [0.2, 0.25) is 0 Å². The average molecular weight is 354 g/mol. The van der Waals surface area contributed by atoms with Gasteiger partial charge in [0.25, 0.3) is 5.91 Å². The molecule has 3 aromatic rings. The minimum absolute atomic E-state index is 0.0649. The molecule has 5 nitrogen and oxygen atoms in total. The number of aromatic nitrogens is 1. The van der Waals surface area contributed by atoms with Crippen LogP contribution < -0.4 is 5.32 Å². The van der Waals surface area contributed by atoms with Gasteiger partial charge in [0.2, 0.25) is 0 Å². The largest absolute Gasteiger partial charge is 0.351 e. The zero-order chi connectivity index (χ0) is 17.7. The molecule has 0 saturated heterocycles. The second-order valence-corrected chi connectivity index (χ2v) is 7.63. The molecule has 0 aliphatic rings. The van der Waals surface area contributed by atoms with E-state index in [9.17, 15) is 13.2 Å². The molecule has 0 bridgehead atoms. The highest BCUT2D eigenvalue weighted by molar-refractivity contribution is 7.91. The number of nitrogens with zero attached hydrogens (tertiary/aromatic N) is 1. The highest BCUT2D eigenvalue weighted by Crippen LogP contribution is 2.11. The van der Waals surface area contributed by atoms with Gasteiger partial charge in [0.15, 0.2) is 9.84 Å². The second-order valence-electron chi connectivity index (χ2n) is 5.53. The van der Waals surface area contributed by atoms with Crippen LogP contribution in [0.25, 0.3) is 5.69 Å². The van der Waals surface area contributed by atoms with E-state index >= 15 is 0 Å². The van der Waals surface area contributed by atoms with E-state index in [0.29, 0.717) is 5.56 Å². The molecule has 0 saturated carbocycles. The number of amides is 1. The Morgan fingerprint density at radius 2 is 1.52 bits per heavy atom. The van der Waals surface area contributed by atoms with Gasteiger partial charge in [-0.05, 0) is 48.5 Å². The molecule has 0 aliphatic heterocycles. The number of hydrogen-bond donors (Lipinski definition) is 1. The Labute approximate surface area is 146 Å². The fourth-order valence-electron chi connectivity index (χ4n) is 2.44. The van der Waals surface area contributed by atoms with Crippen molar-refractivity contribution >= 4 is 15.7 Å². The van der Waals surface area contributed by atoms with Crippen molar-refractivity contribution in [3.05, 3.63) is 84.7 Å². The maximum atomic E-state index is 12.2. The molecule has 1 N–H and O–H groups in total. The van der Waals surface area contributed by atoms with Crippen LogP contribution in [-0.2, 0) is 9.84 Å². The number of sulfone groups is 1. The first-order valence-corrected chi connectivity index (χ1v) is 9.51. The third-order valence-electron chi connectivity index (χ3n) is 3.79. The van der Waals surface area contributed by atoms with E-state index in [1.165, 1.54) is 0 Å². The molecule has 0 fully saturated rings. The van der Waals surface area contributed by atoms with E-state index in [1.807, 2.05) is 41.2 Å². The molecular weight excluding hydrogens is 336 g/mol. The number of nitrogens with one attached hydrogen (secondary N) is 1. The van der Waals surface area contributed by atoms with Crippen LogP contribution in [-0.4, -0.2) is 31.2 Å². The van der Waals surface area contributed by atoms with E-state index in [2.05, 4.69) is 5.32 Å². The molecule has 128 valence electrons. The lowest BCUT2D eigenvalue weighted by molar-refractivity contribution is 0.0956. The molecule has 0 unspecified atom stereocenters. The molecule has 0 spiro atoms. The van der Waals surface area contributed by atoms with Crippen molar-refractivity contribution in [1.29, 1.82) is 0 Å². The quantitative estimate of drug-likeness (QED) is 0.740. The van der Waals surface area contributed by atoms with Crippen LogP contribution in [0.15, 0.2) is 84.0 Å². The summed E-state index contributed by atoms with van der Waals surface area (Å²) < 4.78 is 26.3. The SMILES string of the molecule is O=C(NCCS(=O)(=O)c1ccccc1)c1ccc(-n2cccc2)cc1. The van der Waals surface area contributed by atoms with Gasteiger partial charge in [0.1, 0.15) is 0 Å². The van der Waals surface area contributed by atoms with Crippen LogP contribution in [0.5, 0.6) is 0 Å². The molecule has 25 heavy (non-hydrogen) atoms. The molecule has 0 atom stereocenters. The van der Waals surface area contributed by atoms with Crippen molar-refractivity contribution in [3.63, 3.8) is 0 Å². The van der Waals surface area contributed by atoms with Crippen molar-refractivity contribution in [3.8, 4) is 5.69 Å². The van der Waals surface area contributed by atoms with Gasteiger partial charge in [0.05, 0.1) is 10.6 Å². The Morgan fingerprint density at radius 1 is 0.880 bits per heavy atom. The Hall–Kier alpha value is -2.86. The summed E-state index contributed by atoms with van der Waals surface area (Å²) in [5.41, 5.74) is 1.45. The summed E-state index contributed by atoms with van der Waals surface area (Å²) in [6.07, 6.45) is 3.84. The smallest absolute Gasteiger partial charge is 0.251 e. The monoisotopic (exact) mass is 354 g/mol. The van der Waals surface area contributed by atoms with E-state index in [4.69, 9.17) is 0 Å². The number of hydrogen-bond acceptors (Lipinski definition) is 3. The van der Waals surface area contributed by atoms with E-state index < -0.39 is 9.84 Å². The third kappa shape index (κ3) is 4.16. The summed E-state index contributed by atoms with van der Waals surface area (Å²) in [7, 11) is -3.39. The van der Waals surface area contributed by atoms with E-state index in [-0.39, 0.29) is 23.1 Å². The lowest BCUT2D eigenvalue weighted by Gasteiger charge is -2.08. The summed E-state index contributed by atoms with van der Waals surface area (Å²) in [5, 5.41) is 2.65. The Kier molecular flexibility index (Phi) is 5.00. The number of carbonyl (C=O) groups excluding carboxylic acids is 1. The van der Waals surface area contributed by atoms with Gasteiger partial charge < -0.3 is 9.88 Å². The van der Waals surface area contributed by atoms with Gasteiger partial charge in [-0.1, -0.05) is 18.2 Å². The first kappa shape index (κ1) is 17.0. The van der Waals surface area contributed by atoms with Crippen LogP contribution >= 0.6 is 0 Å². The first-order valence-electron chi connectivity index (χ1n) is 7.86. The highest BCUT2D eigenvalue weighted by Gasteiger charge is 2.14. The van der Waals surface area contributed by atoms with Gasteiger partial charge in [0, 0.05) is 30.2 Å². The maximum absolute atomic E-state index is 12.2. The third-order valence-corrected chi connectivity index (χ3v) is 5.52. The molecule has 1 amide bonds. The normalized spacial score (nSPS) is 11.2. The fraction of sp³-hybridized carbons (Fsp3) is 0.105. The second kappa shape index (κ2) is 7.36. The summed E-state index contributed by atoms with van der Waals surface area (Å²) >= 11 is 0. The molecule has 6 heteroatoms. The van der Waals surface area contributed by atoms with Crippen LogP contribution in [0.1, 0.15) is 10.4 Å². The highest BCUT2D eigenvalue weighted by atomic mass is 32.2. The molecule has 3 rings (SSSR count). The van der Waals surface area contributed by atoms with Gasteiger partial charge in [-0.2, -0.15) is 0 Å². The maximum Gasteiger partial charge on any atom is 0.251 e. The van der Waals surface area contributed by atoms with Crippen LogP contribution in [0.4, 0.5) is 0 Å². The Morgan fingerprint density at radius 3 is 2.16 bits per heavy atom. The van der Waals surface area contributed by atoms with Crippen molar-refractivity contribution in [2.24, 2.45) is 0 Å². The minimum atomic E-state index is -3.39. The van der Waals surface area contributed by atoms with Gasteiger partial charge in [-0.15, -0.1) is 0 Å². The number of carbonyl (C=O) groups is 1. The van der Waals surface area contributed by atoms with Gasteiger partial charge in [-0.25, -0.2) is 8.42 Å². The number of benzene rings is 2. The summed E-state index contributed by atoms with van der Waals surface area (Å²) in [5.74, 6) is -0.424. The fourth-order valence-corrected chi connectivity index (χ4v) is 3.62. The molecule has 1 heterocycles. The van der Waals surface area contributed by atoms with Crippen molar-refractivity contribution in [1.82, 2.24) is 9.88 Å². The van der Waals surface area contributed by atoms with Gasteiger partial charge in [-0.3, -0.25) is 4.79 Å². The van der Waals surface area contributed by atoms with Crippen molar-refractivity contribution < 1.29 is 13.2 Å². The van der Waals surface area contributed by atoms with Gasteiger partial charge >= 0.3 is 0 Å². The average Bonchev–Trinajstić information content (AvgIpc) is 3.17. The summed E-state index contributed by atoms with van der Waals surface area (Å²) in [6.45, 7) is 0.0649. The predicted molar refractivity (Wildman–Crippen MR) is 96.6 cm³/mol. The van der Waals surface area contributed by atoms with Crippen LogP contribution in [0, 0.1) is 0 Å². The van der Waals surface area contributed by atoms with E-state index in [0.717, 1.165) is 5.69 Å². The first-order chi connectivity index (χ1) is 12.1. The van der Waals surface area contributed by atoms with Crippen molar-refractivity contribution in [2.75, 3.05) is 12.3 Å². The summed E-state index contributed by atoms with van der Waals surface area (Å²) in [6, 6.07) is 19.2. The molecule has 1 aromatic heterocycles.